The van der Waals surface area contributed by atoms with Crippen molar-refractivity contribution in [3.05, 3.63) is 46.5 Å². The maximum Gasteiger partial charge on any atom is 0.252 e. The molecule has 20 heavy (non-hydrogen) atoms. The Morgan fingerprint density at radius 2 is 2.00 bits per heavy atom. The van der Waals surface area contributed by atoms with E-state index < -0.39 is 0 Å². The smallest absolute Gasteiger partial charge is 0.252 e. The van der Waals surface area contributed by atoms with Gasteiger partial charge in [-0.2, -0.15) is 0 Å². The van der Waals surface area contributed by atoms with Crippen molar-refractivity contribution >= 4 is 5.91 Å². The van der Waals surface area contributed by atoms with Gasteiger partial charge in [-0.15, -0.1) is 0 Å². The number of hydrogen-bond acceptors (Lipinski definition) is 2. The third kappa shape index (κ3) is 1.88. The van der Waals surface area contributed by atoms with Crippen molar-refractivity contribution in [1.29, 1.82) is 0 Å². The zero-order valence-electron chi connectivity index (χ0n) is 12.3. The molecule has 1 amide bonds. The summed E-state index contributed by atoms with van der Waals surface area (Å²) >= 11 is 0. The van der Waals surface area contributed by atoms with Crippen LogP contribution in [0.25, 0.3) is 0 Å². The lowest BCUT2D eigenvalue weighted by atomic mass is 9.86. The van der Waals surface area contributed by atoms with Crippen LogP contribution in [0.2, 0.25) is 0 Å². The van der Waals surface area contributed by atoms with Gasteiger partial charge in [0.05, 0.1) is 6.04 Å². The molecule has 0 unspecified atom stereocenters. The molecule has 1 aromatic rings. The Hall–Kier alpha value is -1.61. The summed E-state index contributed by atoms with van der Waals surface area (Å²) in [4.78, 5) is 14.5. The highest BCUT2D eigenvalue weighted by molar-refractivity contribution is 5.97. The number of nitrogens with zero attached hydrogens (tertiary/aromatic N) is 1. The van der Waals surface area contributed by atoms with Crippen LogP contribution in [0.1, 0.15) is 43.9 Å². The van der Waals surface area contributed by atoms with Gasteiger partial charge in [-0.1, -0.05) is 24.3 Å². The molecule has 0 saturated carbocycles. The Balaban J connectivity index is 2.01. The van der Waals surface area contributed by atoms with E-state index in [1.54, 1.807) is 7.11 Å². The highest BCUT2D eigenvalue weighted by Crippen LogP contribution is 2.40. The number of carbonyl (C=O) groups excluding carboxylic acids is 1. The number of rotatable bonds is 2. The first-order chi connectivity index (χ1) is 9.65. The highest BCUT2D eigenvalue weighted by atomic mass is 16.5. The van der Waals surface area contributed by atoms with E-state index in [0.29, 0.717) is 0 Å². The second kappa shape index (κ2) is 5.06. The number of fused-ring (bicyclic) bond motifs is 1. The van der Waals surface area contributed by atoms with Gasteiger partial charge in [0.2, 0.25) is 0 Å². The zero-order valence-corrected chi connectivity index (χ0v) is 12.3. The SMILES string of the molecule is CO[C@@H]1C(C)=C(C)C(=O)N1[C@H]1CCCc2ccccc21. The number of aryl methyl sites for hydroxylation is 1. The molecule has 2 aliphatic rings. The number of carbonyl (C=O) groups is 1. The van der Waals surface area contributed by atoms with Gasteiger partial charge in [0.25, 0.3) is 5.91 Å². The monoisotopic (exact) mass is 271 g/mol. The standard InChI is InChI=1S/C17H21NO2/c1-11-12(2)17(20-3)18(16(11)19)15-10-6-8-13-7-4-5-9-14(13)15/h4-5,7,9,15,17H,6,8,10H2,1-3H3/t15-,17+/m0/s1. The first-order valence-electron chi connectivity index (χ1n) is 7.25. The molecule has 3 nitrogen and oxygen atoms in total. The molecular weight excluding hydrogens is 250 g/mol. The van der Waals surface area contributed by atoms with Crippen molar-refractivity contribution < 1.29 is 9.53 Å². The first-order valence-corrected chi connectivity index (χ1v) is 7.25. The lowest BCUT2D eigenvalue weighted by Gasteiger charge is -2.37. The van der Waals surface area contributed by atoms with Gasteiger partial charge in [-0.3, -0.25) is 4.79 Å². The summed E-state index contributed by atoms with van der Waals surface area (Å²) in [6, 6.07) is 8.62. The maximum atomic E-state index is 12.6. The van der Waals surface area contributed by atoms with Gasteiger partial charge >= 0.3 is 0 Å². The van der Waals surface area contributed by atoms with Crippen LogP contribution in [0.15, 0.2) is 35.4 Å². The predicted octanol–water partition coefficient (Wildman–Crippen LogP) is 3.22. The minimum Gasteiger partial charge on any atom is -0.357 e. The summed E-state index contributed by atoms with van der Waals surface area (Å²) in [7, 11) is 1.68. The normalized spacial score (nSPS) is 26.1. The number of methoxy groups -OCH3 is 1. The van der Waals surface area contributed by atoms with Gasteiger partial charge in [-0.25, -0.2) is 0 Å². The van der Waals surface area contributed by atoms with Gasteiger partial charge in [-0.05, 0) is 49.8 Å². The summed E-state index contributed by atoms with van der Waals surface area (Å²) in [6.45, 7) is 3.90. The molecule has 2 atom stereocenters. The summed E-state index contributed by atoms with van der Waals surface area (Å²) < 4.78 is 5.59. The third-order valence-corrected chi connectivity index (χ3v) is 4.67. The maximum absolute atomic E-state index is 12.6. The van der Waals surface area contributed by atoms with Crippen LogP contribution in [0.4, 0.5) is 0 Å². The predicted molar refractivity (Wildman–Crippen MR) is 78.1 cm³/mol. The van der Waals surface area contributed by atoms with E-state index in [1.165, 1.54) is 11.1 Å². The third-order valence-electron chi connectivity index (χ3n) is 4.67. The molecule has 106 valence electrons. The average Bonchev–Trinajstić information content (AvgIpc) is 2.70. The van der Waals surface area contributed by atoms with E-state index in [2.05, 4.69) is 24.3 Å². The Kier molecular flexibility index (Phi) is 3.38. The molecule has 0 saturated heterocycles. The molecule has 3 heteroatoms. The molecule has 0 aromatic heterocycles. The summed E-state index contributed by atoms with van der Waals surface area (Å²) in [5, 5.41) is 0. The van der Waals surface area contributed by atoms with E-state index in [4.69, 9.17) is 4.74 Å². The van der Waals surface area contributed by atoms with Crippen LogP contribution in [0.3, 0.4) is 0 Å². The number of ether oxygens (including phenoxy) is 1. The van der Waals surface area contributed by atoms with Crippen LogP contribution in [0.5, 0.6) is 0 Å². The van der Waals surface area contributed by atoms with Crippen molar-refractivity contribution in [1.82, 2.24) is 4.90 Å². The molecule has 1 aliphatic heterocycles. The Bertz CT molecular complexity index is 576. The van der Waals surface area contributed by atoms with Crippen LogP contribution >= 0.6 is 0 Å². The molecule has 1 heterocycles. The molecule has 1 aromatic carbocycles. The largest absolute Gasteiger partial charge is 0.357 e. The molecule has 0 N–H and O–H groups in total. The molecule has 0 radical (unpaired) electrons. The first kappa shape index (κ1) is 13.4. The summed E-state index contributed by atoms with van der Waals surface area (Å²) in [5.41, 5.74) is 4.53. The van der Waals surface area contributed by atoms with E-state index in [1.807, 2.05) is 18.7 Å². The number of benzene rings is 1. The minimum atomic E-state index is -0.210. The second-order valence-electron chi connectivity index (χ2n) is 5.72. The van der Waals surface area contributed by atoms with Crippen molar-refractivity contribution in [3.63, 3.8) is 0 Å². The Labute approximate surface area is 120 Å². The van der Waals surface area contributed by atoms with Crippen molar-refractivity contribution in [3.8, 4) is 0 Å². The topological polar surface area (TPSA) is 29.5 Å². The van der Waals surface area contributed by atoms with Gasteiger partial charge < -0.3 is 9.64 Å². The quantitative estimate of drug-likeness (QED) is 0.826. The fraction of sp³-hybridized carbons (Fsp3) is 0.471. The summed E-state index contributed by atoms with van der Waals surface area (Å²) in [5.74, 6) is 0.121. The Morgan fingerprint density at radius 1 is 1.25 bits per heavy atom. The number of hydrogen-bond donors (Lipinski definition) is 0. The molecule has 3 rings (SSSR count). The Morgan fingerprint density at radius 3 is 2.75 bits per heavy atom. The van der Waals surface area contributed by atoms with E-state index in [9.17, 15) is 4.79 Å². The fourth-order valence-electron chi connectivity index (χ4n) is 3.48. The van der Waals surface area contributed by atoms with Gasteiger partial charge in [0.15, 0.2) is 6.23 Å². The van der Waals surface area contributed by atoms with E-state index in [-0.39, 0.29) is 18.2 Å². The molecule has 1 aliphatic carbocycles. The molecule has 0 spiro atoms. The fourth-order valence-corrected chi connectivity index (χ4v) is 3.48. The van der Waals surface area contributed by atoms with Gasteiger partial charge in [0, 0.05) is 12.7 Å². The van der Waals surface area contributed by atoms with Crippen molar-refractivity contribution in [2.24, 2.45) is 0 Å². The van der Waals surface area contributed by atoms with Crippen molar-refractivity contribution in [2.75, 3.05) is 7.11 Å². The van der Waals surface area contributed by atoms with E-state index >= 15 is 0 Å². The van der Waals surface area contributed by atoms with Crippen molar-refractivity contribution in [2.45, 2.75) is 45.4 Å². The average molecular weight is 271 g/mol. The molecular formula is C17H21NO2. The van der Waals surface area contributed by atoms with E-state index in [0.717, 1.165) is 30.4 Å². The second-order valence-corrected chi connectivity index (χ2v) is 5.72. The highest BCUT2D eigenvalue weighted by Gasteiger charge is 2.41. The zero-order chi connectivity index (χ0) is 14.3. The minimum absolute atomic E-state index is 0.121. The van der Waals surface area contributed by atoms with Crippen LogP contribution in [-0.2, 0) is 16.0 Å². The van der Waals surface area contributed by atoms with Crippen LogP contribution in [-0.4, -0.2) is 24.1 Å². The molecule has 0 bridgehead atoms. The lowest BCUT2D eigenvalue weighted by Crippen LogP contribution is -2.41. The van der Waals surface area contributed by atoms with Gasteiger partial charge in [0.1, 0.15) is 0 Å². The lowest BCUT2D eigenvalue weighted by molar-refractivity contribution is -0.138. The van der Waals surface area contributed by atoms with Crippen LogP contribution in [0, 0.1) is 0 Å². The van der Waals surface area contributed by atoms with Crippen LogP contribution < -0.4 is 0 Å². The number of amides is 1. The molecule has 0 fully saturated rings. The summed E-state index contributed by atoms with van der Waals surface area (Å²) in [6.07, 6.45) is 3.04.